The van der Waals surface area contributed by atoms with E-state index in [2.05, 4.69) is 15.2 Å². The molecule has 0 amide bonds. The minimum absolute atomic E-state index is 0.0430. The van der Waals surface area contributed by atoms with E-state index in [0.29, 0.717) is 9.92 Å². The van der Waals surface area contributed by atoms with Crippen molar-refractivity contribution in [3.05, 3.63) is 70.4 Å². The van der Waals surface area contributed by atoms with E-state index in [1.807, 2.05) is 0 Å². The van der Waals surface area contributed by atoms with Gasteiger partial charge in [-0.25, -0.2) is 22.7 Å². The van der Waals surface area contributed by atoms with Crippen molar-refractivity contribution >= 4 is 29.1 Å². The summed E-state index contributed by atoms with van der Waals surface area (Å²) in [5, 5.41) is 39.4. The number of aliphatic hydroxyl groups is 3. The number of halogens is 4. The van der Waals surface area contributed by atoms with Gasteiger partial charge in [-0.3, -0.25) is 0 Å². The number of rotatable bonds is 5. The highest BCUT2D eigenvalue weighted by molar-refractivity contribution is 8.00. The molecule has 34 heavy (non-hydrogen) atoms. The molecule has 1 aromatic heterocycles. The second kappa shape index (κ2) is 9.91. The normalized spacial score (nSPS) is 24.7. The van der Waals surface area contributed by atoms with Crippen molar-refractivity contribution in [1.82, 2.24) is 15.0 Å². The Balaban J connectivity index is 1.66. The van der Waals surface area contributed by atoms with Crippen molar-refractivity contribution in [3.63, 3.8) is 0 Å². The van der Waals surface area contributed by atoms with E-state index < -0.39 is 53.8 Å². The number of thioether (sulfide) groups is 1. The molecule has 8 nitrogen and oxygen atoms in total. The molecular weight excluding hydrogens is 497 g/mol. The lowest BCUT2D eigenvalue weighted by atomic mass is 9.97. The maximum absolute atomic E-state index is 13.6. The molecule has 13 heteroatoms. The highest BCUT2D eigenvalue weighted by Crippen LogP contribution is 2.42. The Kier molecular flexibility index (Phi) is 7.13. The van der Waals surface area contributed by atoms with Crippen LogP contribution in [0.2, 0.25) is 5.02 Å². The first-order chi connectivity index (χ1) is 16.2. The molecule has 2 unspecified atom stereocenters. The van der Waals surface area contributed by atoms with Crippen LogP contribution in [0, 0.1) is 24.0 Å². The third kappa shape index (κ3) is 4.63. The van der Waals surface area contributed by atoms with Crippen LogP contribution in [0.3, 0.4) is 0 Å². The van der Waals surface area contributed by atoms with Crippen LogP contribution in [0.4, 0.5) is 18.9 Å². The van der Waals surface area contributed by atoms with Gasteiger partial charge in [0.2, 0.25) is 5.69 Å². The molecule has 5 atom stereocenters. The van der Waals surface area contributed by atoms with Crippen LogP contribution in [-0.4, -0.2) is 60.7 Å². The number of nitrogens with zero attached hydrogens (tertiary/aromatic N) is 4. The Morgan fingerprint density at radius 2 is 1.85 bits per heavy atom. The number of ether oxygens (including phenoxy) is 1. The third-order valence-electron chi connectivity index (χ3n) is 5.23. The molecule has 0 aliphatic carbocycles. The molecule has 0 spiro atoms. The van der Waals surface area contributed by atoms with Gasteiger partial charge in [-0.15, -0.1) is 16.9 Å². The van der Waals surface area contributed by atoms with Crippen LogP contribution in [0.25, 0.3) is 16.1 Å². The minimum Gasteiger partial charge on any atom is -0.394 e. The Morgan fingerprint density at radius 1 is 1.15 bits per heavy atom. The molecule has 3 N–H and O–H groups in total. The third-order valence-corrected chi connectivity index (χ3v) is 6.67. The van der Waals surface area contributed by atoms with Gasteiger partial charge in [0.15, 0.2) is 17.5 Å². The number of hydrogen-bond donors (Lipinski definition) is 3. The second-order valence-corrected chi connectivity index (χ2v) is 8.95. The Morgan fingerprint density at radius 3 is 2.50 bits per heavy atom. The average Bonchev–Trinajstić information content (AvgIpc) is 3.29. The molecule has 4 rings (SSSR count). The summed E-state index contributed by atoms with van der Waals surface area (Å²) >= 11 is 7.00. The smallest absolute Gasteiger partial charge is 0.200 e. The summed E-state index contributed by atoms with van der Waals surface area (Å²) in [4.78, 5) is 3.82. The van der Waals surface area contributed by atoms with Crippen LogP contribution in [0.1, 0.15) is 6.04 Å². The van der Waals surface area contributed by atoms with E-state index in [4.69, 9.17) is 22.9 Å². The fourth-order valence-electron chi connectivity index (χ4n) is 3.54. The van der Waals surface area contributed by atoms with Gasteiger partial charge in [0, 0.05) is 15.5 Å². The van der Waals surface area contributed by atoms with Crippen molar-refractivity contribution in [2.75, 3.05) is 6.61 Å². The maximum Gasteiger partial charge on any atom is 0.200 e. The fourth-order valence-corrected chi connectivity index (χ4v) is 4.95. The molecule has 1 aliphatic rings. The van der Waals surface area contributed by atoms with Gasteiger partial charge in [-0.2, -0.15) is 0 Å². The van der Waals surface area contributed by atoms with E-state index in [-0.39, 0.29) is 16.9 Å². The monoisotopic (exact) mass is 512 g/mol. The molecule has 2 aromatic carbocycles. The molecule has 3 aromatic rings. The number of benzene rings is 2. The first kappa shape index (κ1) is 24.5. The van der Waals surface area contributed by atoms with Crippen molar-refractivity contribution in [2.45, 2.75) is 34.7 Å². The lowest BCUT2D eigenvalue weighted by Gasteiger charge is -2.41. The lowest BCUT2D eigenvalue weighted by molar-refractivity contribution is -0.178. The van der Waals surface area contributed by atoms with Crippen molar-refractivity contribution in [1.29, 1.82) is 0 Å². The van der Waals surface area contributed by atoms with E-state index in [0.717, 1.165) is 28.6 Å². The molecule has 0 saturated carbocycles. The van der Waals surface area contributed by atoms with Crippen LogP contribution in [0.15, 0.2) is 41.4 Å². The van der Waals surface area contributed by atoms with Crippen molar-refractivity contribution in [2.24, 2.45) is 0 Å². The quantitative estimate of drug-likeness (QED) is 0.356. The summed E-state index contributed by atoms with van der Waals surface area (Å²) in [5.41, 5.74) is -0.947. The molecule has 1 fully saturated rings. The standard InChI is InChI=1S/C21H16ClF3N4O4S/c1-26-13-3-2-10(22)6-16(13)34-21-20(32)18(19(31)15(8-30)33-21)29-7-14(27-28-29)9-4-11(23)17(25)12(24)5-9/h2-7,15,18-21,30-32H,8H2/t15?,18-,19-,20?,21+/m0/s1. The van der Waals surface area contributed by atoms with E-state index in [1.54, 1.807) is 0 Å². The Hall–Kier alpha value is -2.66. The number of aromatic nitrogens is 3. The van der Waals surface area contributed by atoms with Gasteiger partial charge in [0.05, 0.1) is 19.4 Å². The summed E-state index contributed by atoms with van der Waals surface area (Å²) in [6.45, 7) is 6.72. The summed E-state index contributed by atoms with van der Waals surface area (Å²) in [7, 11) is 0. The van der Waals surface area contributed by atoms with Gasteiger partial charge in [-0.05, 0) is 18.2 Å². The fraction of sp³-hybridized carbons (Fsp3) is 0.286. The zero-order chi connectivity index (χ0) is 24.6. The molecule has 2 heterocycles. The Bertz CT molecular complexity index is 1230. The average molecular weight is 513 g/mol. The predicted molar refractivity (Wildman–Crippen MR) is 116 cm³/mol. The van der Waals surface area contributed by atoms with Gasteiger partial charge in [0.1, 0.15) is 35.5 Å². The zero-order valence-corrected chi connectivity index (χ0v) is 18.6. The largest absolute Gasteiger partial charge is 0.394 e. The summed E-state index contributed by atoms with van der Waals surface area (Å²) < 4.78 is 47.3. The molecule has 178 valence electrons. The Labute approximate surface area is 200 Å². The van der Waals surface area contributed by atoms with Crippen molar-refractivity contribution < 1.29 is 33.2 Å². The SMILES string of the molecule is [C-]#[N+]c1ccc(Cl)cc1S[C@H]1OC(CO)[C@H](O)[C@H](n2cc(-c3cc(F)c(F)c(F)c3)nn2)C1O. The van der Waals surface area contributed by atoms with Crippen molar-refractivity contribution in [3.8, 4) is 11.3 Å². The summed E-state index contributed by atoms with van der Waals surface area (Å²) in [6.07, 6.45) is -2.77. The van der Waals surface area contributed by atoms with E-state index in [1.165, 1.54) is 24.4 Å². The van der Waals surface area contributed by atoms with Crippen LogP contribution in [-0.2, 0) is 4.74 Å². The minimum atomic E-state index is -1.63. The van der Waals surface area contributed by atoms with Gasteiger partial charge < -0.3 is 20.1 Å². The predicted octanol–water partition coefficient (Wildman–Crippen LogP) is 3.34. The van der Waals surface area contributed by atoms with Crippen LogP contribution in [0.5, 0.6) is 0 Å². The summed E-state index contributed by atoms with van der Waals surface area (Å²) in [5.74, 6) is -4.45. The highest BCUT2D eigenvalue weighted by atomic mass is 35.5. The maximum atomic E-state index is 13.6. The van der Waals surface area contributed by atoms with Gasteiger partial charge in [-0.1, -0.05) is 28.9 Å². The van der Waals surface area contributed by atoms with E-state index in [9.17, 15) is 28.5 Å². The first-order valence-corrected chi connectivity index (χ1v) is 11.0. The molecule has 1 aliphatic heterocycles. The molecule has 1 saturated heterocycles. The summed E-state index contributed by atoms with van der Waals surface area (Å²) in [6, 6.07) is 4.86. The van der Waals surface area contributed by atoms with Crippen LogP contribution < -0.4 is 0 Å². The number of aliphatic hydroxyl groups excluding tert-OH is 3. The second-order valence-electron chi connectivity index (χ2n) is 7.38. The number of hydrogen-bond acceptors (Lipinski definition) is 7. The van der Waals surface area contributed by atoms with E-state index >= 15 is 0 Å². The molecular formula is C21H16ClF3N4O4S. The zero-order valence-electron chi connectivity index (χ0n) is 17.0. The molecule has 0 radical (unpaired) electrons. The first-order valence-electron chi connectivity index (χ1n) is 9.76. The van der Waals surface area contributed by atoms with Gasteiger partial charge in [0.25, 0.3) is 0 Å². The topological polar surface area (TPSA) is 105 Å². The lowest BCUT2D eigenvalue weighted by Crippen LogP contribution is -2.55. The highest BCUT2D eigenvalue weighted by Gasteiger charge is 2.46. The van der Waals surface area contributed by atoms with Crippen LogP contribution >= 0.6 is 23.4 Å². The molecule has 0 bridgehead atoms. The van der Waals surface area contributed by atoms with Gasteiger partial charge >= 0.3 is 0 Å².